The Balaban J connectivity index is 2.42. The van der Waals surface area contributed by atoms with Gasteiger partial charge in [0.05, 0.1) is 32.5 Å². The van der Waals surface area contributed by atoms with Crippen LogP contribution in [0.15, 0.2) is 30.3 Å². The van der Waals surface area contributed by atoms with Crippen molar-refractivity contribution >= 4 is 5.97 Å². The molecular weight excluding hydrogens is 272 g/mol. The largest absolute Gasteiger partial charge is 0.466 e. The smallest absolute Gasteiger partial charge is 0.313 e. The average Bonchev–Trinajstić information content (AvgIpc) is 2.49. The highest BCUT2D eigenvalue weighted by atomic mass is 16.5. The summed E-state index contributed by atoms with van der Waals surface area (Å²) in [7, 11) is 0. The van der Waals surface area contributed by atoms with E-state index in [0.29, 0.717) is 13.2 Å². The minimum absolute atomic E-state index is 0.223. The van der Waals surface area contributed by atoms with Crippen LogP contribution in [0.3, 0.4) is 0 Å². The molecule has 3 atom stereocenters. The Bertz CT molecular complexity index is 406. The molecule has 0 aromatic heterocycles. The van der Waals surface area contributed by atoms with Crippen molar-refractivity contribution in [2.45, 2.75) is 26.6 Å². The van der Waals surface area contributed by atoms with Crippen LogP contribution < -0.4 is 0 Å². The second-order valence-electron chi connectivity index (χ2n) is 5.01. The summed E-state index contributed by atoms with van der Waals surface area (Å²) in [5.74, 6) is -1.79. The first-order valence-electron chi connectivity index (χ1n) is 7.17. The highest BCUT2D eigenvalue weighted by Gasteiger charge is 2.31. The Morgan fingerprint density at radius 1 is 1.29 bits per heavy atom. The Morgan fingerprint density at radius 3 is 2.52 bits per heavy atom. The van der Waals surface area contributed by atoms with Gasteiger partial charge in [-0.3, -0.25) is 4.79 Å². The molecule has 0 saturated heterocycles. The van der Waals surface area contributed by atoms with Crippen LogP contribution in [0.25, 0.3) is 0 Å². The summed E-state index contributed by atoms with van der Waals surface area (Å²) >= 11 is 0. The number of carbonyl (C=O) groups is 1. The van der Waals surface area contributed by atoms with Gasteiger partial charge in [-0.25, -0.2) is 0 Å². The number of aliphatic hydroxyl groups is 2. The van der Waals surface area contributed by atoms with Crippen molar-refractivity contribution in [2.75, 3.05) is 19.8 Å². The molecule has 0 bridgehead atoms. The molecule has 0 aliphatic rings. The van der Waals surface area contributed by atoms with E-state index in [0.717, 1.165) is 5.56 Å². The minimum atomic E-state index is -0.996. The van der Waals surface area contributed by atoms with E-state index in [1.165, 1.54) is 0 Å². The van der Waals surface area contributed by atoms with E-state index in [9.17, 15) is 15.0 Å². The predicted molar refractivity (Wildman–Crippen MR) is 78.5 cm³/mol. The lowest BCUT2D eigenvalue weighted by atomic mass is 9.93. The van der Waals surface area contributed by atoms with Gasteiger partial charge in [0.15, 0.2) is 0 Å². The van der Waals surface area contributed by atoms with Crippen LogP contribution in [0, 0.1) is 11.8 Å². The number of hydrogen-bond acceptors (Lipinski definition) is 5. The molecule has 0 saturated carbocycles. The van der Waals surface area contributed by atoms with Crippen LogP contribution in [0.1, 0.15) is 19.4 Å². The Labute approximate surface area is 125 Å². The lowest BCUT2D eigenvalue weighted by Crippen LogP contribution is -2.38. The van der Waals surface area contributed by atoms with Gasteiger partial charge in [0.25, 0.3) is 0 Å². The quantitative estimate of drug-likeness (QED) is 0.673. The molecule has 1 aromatic carbocycles. The van der Waals surface area contributed by atoms with Crippen molar-refractivity contribution in [1.82, 2.24) is 0 Å². The lowest BCUT2D eigenvalue weighted by Gasteiger charge is -2.24. The summed E-state index contributed by atoms with van der Waals surface area (Å²) in [4.78, 5) is 11.6. The first-order chi connectivity index (χ1) is 10.1. The van der Waals surface area contributed by atoms with Gasteiger partial charge in [-0.05, 0) is 12.5 Å². The molecule has 0 amide bonds. The number of rotatable bonds is 9. The molecule has 5 nitrogen and oxygen atoms in total. The van der Waals surface area contributed by atoms with Crippen molar-refractivity contribution < 1.29 is 24.5 Å². The van der Waals surface area contributed by atoms with Crippen molar-refractivity contribution in [3.8, 4) is 0 Å². The maximum atomic E-state index is 11.6. The SMILES string of the molecule is CCOC(=O)[C@@H](CO)[C@@H](O)[C@@H](C)COCc1ccccc1. The highest BCUT2D eigenvalue weighted by molar-refractivity contribution is 5.73. The van der Waals surface area contributed by atoms with Gasteiger partial charge in [-0.1, -0.05) is 37.3 Å². The Kier molecular flexibility index (Phi) is 7.97. The molecule has 0 unspecified atom stereocenters. The van der Waals surface area contributed by atoms with Crippen LogP contribution in [0.4, 0.5) is 0 Å². The van der Waals surface area contributed by atoms with Gasteiger partial charge in [-0.15, -0.1) is 0 Å². The second kappa shape index (κ2) is 9.50. The van der Waals surface area contributed by atoms with Crippen molar-refractivity contribution in [3.63, 3.8) is 0 Å². The predicted octanol–water partition coefficient (Wildman–Crippen LogP) is 1.37. The van der Waals surface area contributed by atoms with Crippen LogP contribution in [-0.4, -0.2) is 42.1 Å². The fourth-order valence-corrected chi connectivity index (χ4v) is 2.00. The fraction of sp³-hybridized carbons (Fsp3) is 0.562. The topological polar surface area (TPSA) is 76.0 Å². The normalized spacial score (nSPS) is 15.2. The van der Waals surface area contributed by atoms with Crippen molar-refractivity contribution in [2.24, 2.45) is 11.8 Å². The van der Waals surface area contributed by atoms with Gasteiger partial charge in [0, 0.05) is 5.92 Å². The minimum Gasteiger partial charge on any atom is -0.466 e. The third-order valence-corrected chi connectivity index (χ3v) is 3.27. The van der Waals surface area contributed by atoms with E-state index in [2.05, 4.69) is 0 Å². The zero-order chi connectivity index (χ0) is 15.7. The molecule has 0 aliphatic carbocycles. The van der Waals surface area contributed by atoms with Crippen molar-refractivity contribution in [3.05, 3.63) is 35.9 Å². The lowest BCUT2D eigenvalue weighted by molar-refractivity contribution is -0.156. The van der Waals surface area contributed by atoms with Gasteiger partial charge in [0.1, 0.15) is 5.92 Å². The molecule has 5 heteroatoms. The summed E-state index contributed by atoms with van der Waals surface area (Å²) in [6.45, 7) is 3.99. The van der Waals surface area contributed by atoms with E-state index in [1.807, 2.05) is 30.3 Å². The average molecular weight is 296 g/mol. The van der Waals surface area contributed by atoms with Gasteiger partial charge in [-0.2, -0.15) is 0 Å². The molecule has 0 fully saturated rings. The third-order valence-electron chi connectivity index (χ3n) is 3.27. The number of benzene rings is 1. The number of hydrogen-bond donors (Lipinski definition) is 2. The van der Waals surface area contributed by atoms with Gasteiger partial charge in [0.2, 0.25) is 0 Å². The van der Waals surface area contributed by atoms with Crippen LogP contribution in [-0.2, 0) is 20.9 Å². The first kappa shape index (κ1) is 17.6. The molecule has 118 valence electrons. The monoisotopic (exact) mass is 296 g/mol. The summed E-state index contributed by atoms with van der Waals surface area (Å²) in [6, 6.07) is 9.70. The number of aliphatic hydroxyl groups excluding tert-OH is 2. The Morgan fingerprint density at radius 2 is 1.95 bits per heavy atom. The highest BCUT2D eigenvalue weighted by Crippen LogP contribution is 2.16. The molecule has 0 spiro atoms. The second-order valence-corrected chi connectivity index (χ2v) is 5.01. The fourth-order valence-electron chi connectivity index (χ4n) is 2.00. The zero-order valence-corrected chi connectivity index (χ0v) is 12.6. The van der Waals surface area contributed by atoms with Crippen LogP contribution in [0.5, 0.6) is 0 Å². The summed E-state index contributed by atoms with van der Waals surface area (Å²) < 4.78 is 10.4. The standard InChI is InChI=1S/C16H24O5/c1-3-21-16(19)14(9-17)15(18)12(2)10-20-11-13-7-5-4-6-8-13/h4-8,12,14-15,17-18H,3,9-11H2,1-2H3/t12-,14-,15-/m0/s1. The molecule has 0 radical (unpaired) electrons. The Hall–Kier alpha value is -1.43. The maximum absolute atomic E-state index is 11.6. The molecule has 21 heavy (non-hydrogen) atoms. The van der Waals surface area contributed by atoms with Crippen LogP contribution in [0.2, 0.25) is 0 Å². The number of carbonyl (C=O) groups excluding carboxylic acids is 1. The van der Waals surface area contributed by atoms with E-state index >= 15 is 0 Å². The first-order valence-corrected chi connectivity index (χ1v) is 7.17. The molecular formula is C16H24O5. The third kappa shape index (κ3) is 5.83. The molecule has 0 heterocycles. The number of ether oxygens (including phenoxy) is 2. The van der Waals surface area contributed by atoms with E-state index < -0.39 is 24.6 Å². The van der Waals surface area contributed by atoms with Crippen molar-refractivity contribution in [1.29, 1.82) is 0 Å². The summed E-state index contributed by atoms with van der Waals surface area (Å²) in [5.41, 5.74) is 1.04. The van der Waals surface area contributed by atoms with Gasteiger partial charge >= 0.3 is 5.97 Å². The summed E-state index contributed by atoms with van der Waals surface area (Å²) in [5, 5.41) is 19.4. The molecule has 1 aromatic rings. The zero-order valence-electron chi connectivity index (χ0n) is 12.6. The maximum Gasteiger partial charge on any atom is 0.313 e. The van der Waals surface area contributed by atoms with E-state index in [1.54, 1.807) is 13.8 Å². The molecule has 2 N–H and O–H groups in total. The number of esters is 1. The van der Waals surface area contributed by atoms with Crippen LogP contribution >= 0.6 is 0 Å². The van der Waals surface area contributed by atoms with E-state index in [4.69, 9.17) is 9.47 Å². The molecule has 1 rings (SSSR count). The summed E-state index contributed by atoms with van der Waals surface area (Å²) in [6.07, 6.45) is -0.996. The molecule has 0 aliphatic heterocycles. The van der Waals surface area contributed by atoms with Gasteiger partial charge < -0.3 is 19.7 Å². The van der Waals surface area contributed by atoms with E-state index in [-0.39, 0.29) is 12.5 Å².